The highest BCUT2D eigenvalue weighted by atomic mass is 35.5. The second-order valence-electron chi connectivity index (χ2n) is 14.4. The van der Waals surface area contributed by atoms with Crippen molar-refractivity contribution in [3.05, 3.63) is 76.1 Å². The van der Waals surface area contributed by atoms with Crippen molar-refractivity contribution in [2.24, 2.45) is 11.8 Å². The molecule has 4 aliphatic rings. The first-order valence-electron chi connectivity index (χ1n) is 17.0. The second kappa shape index (κ2) is 12.3. The largest absolute Gasteiger partial charge is 0.493 e. The Morgan fingerprint density at radius 3 is 2.76 bits per heavy atom. The SMILES string of the molecule is C[C@@H](COc1ccnc2c1[C@H](C)CCC2)C[C@H]1Cc2cc3c(cc2C12CCC(Nc1cccc(Cl)c1)(C(=O)O)CC2)O[C@@H](C)CO3. The van der Waals surface area contributed by atoms with Gasteiger partial charge < -0.3 is 24.6 Å². The predicted octanol–water partition coefficient (Wildman–Crippen LogP) is 8.36. The van der Waals surface area contributed by atoms with E-state index in [1.807, 2.05) is 31.3 Å². The van der Waals surface area contributed by atoms with E-state index in [-0.39, 0.29) is 11.5 Å². The normalized spacial score (nSPS) is 28.7. The van der Waals surface area contributed by atoms with Crippen LogP contribution in [0.4, 0.5) is 5.69 Å². The fourth-order valence-electron chi connectivity index (χ4n) is 8.78. The Morgan fingerprint density at radius 2 is 1.98 bits per heavy atom. The van der Waals surface area contributed by atoms with Crippen molar-refractivity contribution in [2.75, 3.05) is 18.5 Å². The first kappa shape index (κ1) is 31.2. The fraction of sp³-hybridized carbons (Fsp3) is 0.526. The van der Waals surface area contributed by atoms with E-state index < -0.39 is 11.5 Å². The maximum Gasteiger partial charge on any atom is 0.329 e. The van der Waals surface area contributed by atoms with E-state index in [9.17, 15) is 9.90 Å². The number of anilines is 1. The summed E-state index contributed by atoms with van der Waals surface area (Å²) >= 11 is 6.26. The number of carbonyl (C=O) groups is 1. The van der Waals surface area contributed by atoms with E-state index in [1.54, 1.807) is 12.1 Å². The van der Waals surface area contributed by atoms with E-state index in [1.165, 1.54) is 35.2 Å². The van der Waals surface area contributed by atoms with Crippen LogP contribution in [-0.4, -0.2) is 40.9 Å². The van der Waals surface area contributed by atoms with E-state index in [0.717, 1.165) is 55.0 Å². The molecule has 1 aromatic heterocycles. The molecule has 0 amide bonds. The zero-order valence-electron chi connectivity index (χ0n) is 27.1. The van der Waals surface area contributed by atoms with Crippen molar-refractivity contribution in [1.82, 2.24) is 4.98 Å². The number of aromatic nitrogens is 1. The lowest BCUT2D eigenvalue weighted by Crippen LogP contribution is -2.53. The van der Waals surface area contributed by atoms with Crippen molar-refractivity contribution < 1.29 is 24.1 Å². The minimum atomic E-state index is -1.06. The van der Waals surface area contributed by atoms with Crippen LogP contribution in [0.1, 0.15) is 94.0 Å². The maximum atomic E-state index is 12.9. The third-order valence-electron chi connectivity index (χ3n) is 11.2. The number of nitrogens with one attached hydrogen (secondary N) is 1. The van der Waals surface area contributed by atoms with Crippen LogP contribution < -0.4 is 19.5 Å². The maximum absolute atomic E-state index is 12.9. The Hall–Kier alpha value is -3.45. The third kappa shape index (κ3) is 5.69. The highest BCUT2D eigenvalue weighted by Crippen LogP contribution is 2.58. The smallest absolute Gasteiger partial charge is 0.329 e. The summed E-state index contributed by atoms with van der Waals surface area (Å²) < 4.78 is 18.9. The average Bonchev–Trinajstić information content (AvgIpc) is 3.31. The highest BCUT2D eigenvalue weighted by molar-refractivity contribution is 6.30. The Bertz CT molecular complexity index is 1620. The van der Waals surface area contributed by atoms with Crippen molar-refractivity contribution >= 4 is 23.3 Å². The lowest BCUT2D eigenvalue weighted by atomic mass is 9.59. The van der Waals surface area contributed by atoms with E-state index in [0.29, 0.717) is 48.8 Å². The molecule has 0 saturated heterocycles. The molecule has 244 valence electrons. The van der Waals surface area contributed by atoms with Crippen LogP contribution in [-0.2, 0) is 23.1 Å². The van der Waals surface area contributed by atoms with Crippen molar-refractivity contribution in [3.8, 4) is 17.2 Å². The van der Waals surface area contributed by atoms with Crippen molar-refractivity contribution in [3.63, 3.8) is 0 Å². The minimum absolute atomic E-state index is 0.00886. The quantitative estimate of drug-likeness (QED) is 0.255. The van der Waals surface area contributed by atoms with Gasteiger partial charge in [0.1, 0.15) is 24.0 Å². The van der Waals surface area contributed by atoms with Gasteiger partial charge in [-0.25, -0.2) is 4.79 Å². The molecular weight excluding hydrogens is 600 g/mol. The summed E-state index contributed by atoms with van der Waals surface area (Å²) in [5.41, 5.74) is 4.61. The highest BCUT2D eigenvalue weighted by Gasteiger charge is 2.54. The zero-order chi connectivity index (χ0) is 32.1. The van der Waals surface area contributed by atoms with Crippen LogP contribution in [0.2, 0.25) is 5.02 Å². The van der Waals surface area contributed by atoms with Gasteiger partial charge in [-0.15, -0.1) is 0 Å². The molecule has 2 aromatic carbocycles. The number of halogens is 1. The lowest BCUT2D eigenvalue weighted by Gasteiger charge is -2.47. The van der Waals surface area contributed by atoms with Crippen molar-refractivity contribution in [1.29, 1.82) is 0 Å². The average molecular weight is 645 g/mol. The molecule has 0 unspecified atom stereocenters. The van der Waals surface area contributed by atoms with Gasteiger partial charge in [0.15, 0.2) is 11.5 Å². The molecular formula is C38H45ClN2O5. The zero-order valence-corrected chi connectivity index (χ0v) is 27.9. The molecule has 2 heterocycles. The number of hydrogen-bond acceptors (Lipinski definition) is 6. The van der Waals surface area contributed by atoms with Gasteiger partial charge >= 0.3 is 5.97 Å². The van der Waals surface area contributed by atoms with E-state index >= 15 is 0 Å². The molecule has 0 bridgehead atoms. The molecule has 46 heavy (non-hydrogen) atoms. The van der Waals surface area contributed by atoms with Crippen LogP contribution in [0.15, 0.2) is 48.7 Å². The number of carboxylic acid groups (broad SMARTS) is 1. The van der Waals surface area contributed by atoms with Gasteiger partial charge in [0.2, 0.25) is 0 Å². The number of benzene rings is 2. The molecule has 1 spiro atoms. The Morgan fingerprint density at radius 1 is 1.15 bits per heavy atom. The number of aryl methyl sites for hydroxylation is 1. The van der Waals surface area contributed by atoms with Crippen LogP contribution in [0, 0.1) is 11.8 Å². The Kier molecular flexibility index (Phi) is 8.33. The molecule has 1 saturated carbocycles. The van der Waals surface area contributed by atoms with Gasteiger partial charge in [-0.05, 0) is 135 Å². The van der Waals surface area contributed by atoms with Crippen molar-refractivity contribution in [2.45, 2.75) is 102 Å². The number of pyridine rings is 1. The third-order valence-corrected chi connectivity index (χ3v) is 11.4. The topological polar surface area (TPSA) is 89.9 Å². The summed E-state index contributed by atoms with van der Waals surface area (Å²) in [6.07, 6.45) is 9.75. The molecule has 1 aliphatic heterocycles. The minimum Gasteiger partial charge on any atom is -0.493 e. The second-order valence-corrected chi connectivity index (χ2v) is 14.8. The fourth-order valence-corrected chi connectivity index (χ4v) is 8.97. The summed E-state index contributed by atoms with van der Waals surface area (Å²) in [5, 5.41) is 14.5. The number of carboxylic acids is 1. The van der Waals surface area contributed by atoms with Gasteiger partial charge in [-0.1, -0.05) is 31.5 Å². The van der Waals surface area contributed by atoms with Gasteiger partial charge in [0.25, 0.3) is 0 Å². The van der Waals surface area contributed by atoms with Crippen LogP contribution in [0.3, 0.4) is 0 Å². The van der Waals surface area contributed by atoms with E-state index in [4.69, 9.17) is 25.8 Å². The Labute approximate surface area is 277 Å². The van der Waals surface area contributed by atoms with Crippen LogP contribution in [0.5, 0.6) is 17.2 Å². The number of rotatable bonds is 8. The molecule has 7 nitrogen and oxygen atoms in total. The van der Waals surface area contributed by atoms with Gasteiger partial charge in [0, 0.05) is 28.2 Å². The van der Waals surface area contributed by atoms with E-state index in [2.05, 4.69) is 36.3 Å². The molecule has 8 heteroatoms. The molecule has 2 N–H and O–H groups in total. The summed E-state index contributed by atoms with van der Waals surface area (Å²) in [4.78, 5) is 17.6. The van der Waals surface area contributed by atoms with Gasteiger partial charge in [-0.3, -0.25) is 4.98 Å². The first-order valence-corrected chi connectivity index (χ1v) is 17.4. The summed E-state index contributed by atoms with van der Waals surface area (Å²) in [5.74, 6) is 2.93. The summed E-state index contributed by atoms with van der Waals surface area (Å²) in [6.45, 7) is 7.78. The summed E-state index contributed by atoms with van der Waals surface area (Å²) in [6, 6.07) is 13.8. The predicted molar refractivity (Wildman–Crippen MR) is 180 cm³/mol. The number of aliphatic carboxylic acids is 1. The number of ether oxygens (including phenoxy) is 3. The molecule has 7 rings (SSSR count). The van der Waals surface area contributed by atoms with Crippen LogP contribution in [0.25, 0.3) is 0 Å². The number of fused-ring (bicyclic) bond motifs is 4. The summed E-state index contributed by atoms with van der Waals surface area (Å²) in [7, 11) is 0. The number of hydrogen-bond donors (Lipinski definition) is 2. The number of nitrogens with zero attached hydrogens (tertiary/aromatic N) is 1. The lowest BCUT2D eigenvalue weighted by molar-refractivity contribution is -0.144. The standard InChI is InChI=1S/C38H45ClN2O5/c1-23(21-44-32-10-15-40-31-9-4-6-24(2)35(31)32)16-27-17-26-18-33-34(46-25(3)22-45-33)20-30(26)37(27)11-13-38(14-12-37,36(42)43)41-29-8-5-7-28(39)19-29/h5,7-8,10,15,18-20,23-25,27,41H,4,6,9,11-14,16-17,21-22H2,1-3H3,(H,42,43)/t23-,24-,25+,27+,37?,38?/m1/s1. The van der Waals surface area contributed by atoms with Gasteiger partial charge in [-0.2, -0.15) is 0 Å². The first-order chi connectivity index (χ1) is 22.2. The molecule has 4 atom stereocenters. The molecule has 0 radical (unpaired) electrons. The molecule has 3 aromatic rings. The van der Waals surface area contributed by atoms with Gasteiger partial charge in [0.05, 0.1) is 6.61 Å². The Balaban J connectivity index is 1.15. The molecule has 1 fully saturated rings. The monoisotopic (exact) mass is 644 g/mol. The van der Waals surface area contributed by atoms with Crippen LogP contribution >= 0.6 is 11.6 Å². The molecule has 3 aliphatic carbocycles.